The molecule has 0 atom stereocenters. The Morgan fingerprint density at radius 1 is 1.35 bits per heavy atom. The second-order valence-electron chi connectivity index (χ2n) is 3.68. The summed E-state index contributed by atoms with van der Waals surface area (Å²) >= 11 is 5.68. The van der Waals surface area contributed by atoms with E-state index in [0.717, 1.165) is 25.1 Å². The first kappa shape index (κ1) is 12.0. The molecule has 0 amide bonds. The Kier molecular flexibility index (Phi) is 4.06. The minimum atomic E-state index is 0.380. The second kappa shape index (κ2) is 5.75. The lowest BCUT2D eigenvalue weighted by Gasteiger charge is -1.99. The van der Waals surface area contributed by atoms with Crippen molar-refractivity contribution in [2.75, 3.05) is 6.54 Å². The van der Waals surface area contributed by atoms with Gasteiger partial charge >= 0.3 is 0 Å². The molecule has 1 N–H and O–H groups in total. The van der Waals surface area contributed by atoms with Gasteiger partial charge < -0.3 is 5.32 Å². The van der Waals surface area contributed by atoms with Crippen LogP contribution < -0.4 is 5.32 Å². The smallest absolute Gasteiger partial charge is 0.175 e. The third-order valence-corrected chi connectivity index (χ3v) is 2.45. The zero-order valence-electron chi connectivity index (χ0n) is 9.60. The zero-order chi connectivity index (χ0) is 12.1. The molecule has 0 aliphatic carbocycles. The molecule has 0 radical (unpaired) electrons. The minimum Gasteiger partial charge on any atom is -0.313 e. The van der Waals surface area contributed by atoms with Crippen LogP contribution in [0.25, 0.3) is 5.82 Å². The number of halogens is 1. The normalized spacial score (nSPS) is 10.7. The van der Waals surface area contributed by atoms with Crippen LogP contribution in [0.1, 0.15) is 18.9 Å². The van der Waals surface area contributed by atoms with E-state index in [0.29, 0.717) is 11.0 Å². The van der Waals surface area contributed by atoms with Crippen molar-refractivity contribution in [1.29, 1.82) is 0 Å². The Bertz CT molecular complexity index is 465. The number of aromatic nitrogens is 4. The first-order valence-electron chi connectivity index (χ1n) is 5.53. The maximum Gasteiger partial charge on any atom is 0.175 e. The third-order valence-electron chi connectivity index (χ3n) is 2.24. The summed E-state index contributed by atoms with van der Waals surface area (Å²) in [5, 5.41) is 15.7. The third kappa shape index (κ3) is 3.25. The van der Waals surface area contributed by atoms with Gasteiger partial charge in [0.25, 0.3) is 0 Å². The Hall–Kier alpha value is -1.46. The van der Waals surface area contributed by atoms with Gasteiger partial charge in [0.2, 0.25) is 0 Å². The molecule has 5 nitrogen and oxygen atoms in total. The molecule has 2 aromatic heterocycles. The van der Waals surface area contributed by atoms with Gasteiger partial charge in [0, 0.05) is 18.3 Å². The molecule has 0 aliphatic rings. The molecule has 0 saturated carbocycles. The molecule has 0 saturated heterocycles. The Balaban J connectivity index is 2.04. The van der Waals surface area contributed by atoms with Gasteiger partial charge in [0.1, 0.15) is 0 Å². The lowest BCUT2D eigenvalue weighted by molar-refractivity contribution is 0.675. The van der Waals surface area contributed by atoms with E-state index in [1.807, 2.05) is 12.4 Å². The molecule has 0 aromatic carbocycles. The minimum absolute atomic E-state index is 0.380. The maximum atomic E-state index is 5.68. The number of hydrogen-bond acceptors (Lipinski definition) is 4. The van der Waals surface area contributed by atoms with Gasteiger partial charge in [-0.05, 0) is 25.1 Å². The van der Waals surface area contributed by atoms with E-state index in [1.54, 1.807) is 16.8 Å². The van der Waals surface area contributed by atoms with Crippen LogP contribution in [0.2, 0.25) is 5.15 Å². The van der Waals surface area contributed by atoms with Crippen LogP contribution in [-0.4, -0.2) is 26.5 Å². The summed E-state index contributed by atoms with van der Waals surface area (Å²) in [6.45, 7) is 3.96. The summed E-state index contributed by atoms with van der Waals surface area (Å²) in [6, 6.07) is 3.48. The van der Waals surface area contributed by atoms with Crippen LogP contribution in [-0.2, 0) is 6.54 Å². The van der Waals surface area contributed by atoms with Gasteiger partial charge in [-0.25, -0.2) is 4.68 Å². The SMILES string of the molecule is CCCNCc1cnn(-c2ccc(Cl)nn2)c1. The fraction of sp³-hybridized carbons (Fsp3) is 0.364. The van der Waals surface area contributed by atoms with E-state index in [4.69, 9.17) is 11.6 Å². The topological polar surface area (TPSA) is 55.6 Å². The molecular formula is C11H14ClN5. The highest BCUT2D eigenvalue weighted by Crippen LogP contribution is 2.07. The first-order valence-corrected chi connectivity index (χ1v) is 5.91. The van der Waals surface area contributed by atoms with Crippen LogP contribution in [0.5, 0.6) is 0 Å². The van der Waals surface area contributed by atoms with E-state index in [-0.39, 0.29) is 0 Å². The summed E-state index contributed by atoms with van der Waals surface area (Å²) in [6.07, 6.45) is 4.87. The highest BCUT2D eigenvalue weighted by molar-refractivity contribution is 6.29. The number of rotatable bonds is 5. The van der Waals surface area contributed by atoms with Crippen molar-refractivity contribution in [1.82, 2.24) is 25.3 Å². The molecule has 0 fully saturated rings. The number of nitrogens with zero attached hydrogens (tertiary/aromatic N) is 4. The Morgan fingerprint density at radius 2 is 2.24 bits per heavy atom. The van der Waals surface area contributed by atoms with Crippen molar-refractivity contribution >= 4 is 11.6 Å². The molecule has 2 rings (SSSR count). The molecule has 2 heterocycles. The molecule has 0 unspecified atom stereocenters. The van der Waals surface area contributed by atoms with E-state index in [1.165, 1.54) is 0 Å². The highest BCUT2D eigenvalue weighted by atomic mass is 35.5. The van der Waals surface area contributed by atoms with Crippen molar-refractivity contribution in [3.8, 4) is 5.82 Å². The van der Waals surface area contributed by atoms with Gasteiger partial charge in [0.15, 0.2) is 11.0 Å². The van der Waals surface area contributed by atoms with Gasteiger partial charge in [-0.1, -0.05) is 18.5 Å². The molecule has 17 heavy (non-hydrogen) atoms. The molecular weight excluding hydrogens is 238 g/mol. The van der Waals surface area contributed by atoms with E-state index < -0.39 is 0 Å². The average molecular weight is 252 g/mol. The number of hydrogen-bond donors (Lipinski definition) is 1. The molecule has 0 spiro atoms. The zero-order valence-corrected chi connectivity index (χ0v) is 10.4. The molecule has 6 heteroatoms. The fourth-order valence-corrected chi connectivity index (χ4v) is 1.52. The van der Waals surface area contributed by atoms with Gasteiger partial charge in [0.05, 0.1) is 6.20 Å². The van der Waals surface area contributed by atoms with Gasteiger partial charge in [-0.3, -0.25) is 0 Å². The predicted molar refractivity (Wildman–Crippen MR) is 66.2 cm³/mol. The van der Waals surface area contributed by atoms with Crippen LogP contribution >= 0.6 is 11.6 Å². The van der Waals surface area contributed by atoms with Crippen LogP contribution in [0, 0.1) is 0 Å². The van der Waals surface area contributed by atoms with Crippen LogP contribution in [0.4, 0.5) is 0 Å². The maximum absolute atomic E-state index is 5.68. The second-order valence-corrected chi connectivity index (χ2v) is 4.07. The summed E-state index contributed by atoms with van der Waals surface area (Å²) in [5.74, 6) is 0.663. The Morgan fingerprint density at radius 3 is 2.94 bits per heavy atom. The summed E-state index contributed by atoms with van der Waals surface area (Å²) in [4.78, 5) is 0. The van der Waals surface area contributed by atoms with Crippen molar-refractivity contribution in [3.05, 3.63) is 35.2 Å². The van der Waals surface area contributed by atoms with Crippen LogP contribution in [0.15, 0.2) is 24.5 Å². The summed E-state index contributed by atoms with van der Waals surface area (Å²) in [5.41, 5.74) is 1.12. The standard InChI is InChI=1S/C11H14ClN5/c1-2-5-13-6-9-7-14-17(8-9)11-4-3-10(12)15-16-11/h3-4,7-8,13H,2,5-6H2,1H3. The largest absolute Gasteiger partial charge is 0.313 e. The monoisotopic (exact) mass is 251 g/mol. The molecule has 0 aliphatic heterocycles. The van der Waals surface area contributed by atoms with E-state index in [9.17, 15) is 0 Å². The van der Waals surface area contributed by atoms with Crippen molar-refractivity contribution in [3.63, 3.8) is 0 Å². The lowest BCUT2D eigenvalue weighted by Crippen LogP contribution is -2.13. The molecule has 90 valence electrons. The molecule has 0 bridgehead atoms. The van der Waals surface area contributed by atoms with E-state index in [2.05, 4.69) is 27.5 Å². The Labute approximate surface area is 105 Å². The average Bonchev–Trinajstić information content (AvgIpc) is 2.79. The van der Waals surface area contributed by atoms with Crippen LogP contribution in [0.3, 0.4) is 0 Å². The highest BCUT2D eigenvalue weighted by Gasteiger charge is 2.02. The summed E-state index contributed by atoms with van der Waals surface area (Å²) < 4.78 is 1.69. The van der Waals surface area contributed by atoms with E-state index >= 15 is 0 Å². The number of nitrogens with one attached hydrogen (secondary N) is 1. The lowest BCUT2D eigenvalue weighted by atomic mass is 10.3. The fourth-order valence-electron chi connectivity index (χ4n) is 1.42. The predicted octanol–water partition coefficient (Wildman–Crippen LogP) is 1.82. The van der Waals surface area contributed by atoms with Crippen molar-refractivity contribution in [2.24, 2.45) is 0 Å². The first-order chi connectivity index (χ1) is 8.29. The van der Waals surface area contributed by atoms with Crippen molar-refractivity contribution < 1.29 is 0 Å². The van der Waals surface area contributed by atoms with Gasteiger partial charge in [-0.2, -0.15) is 5.10 Å². The molecule has 2 aromatic rings. The summed E-state index contributed by atoms with van der Waals surface area (Å²) in [7, 11) is 0. The van der Waals surface area contributed by atoms with Crippen molar-refractivity contribution in [2.45, 2.75) is 19.9 Å². The quantitative estimate of drug-likeness (QED) is 0.824. The van der Waals surface area contributed by atoms with Gasteiger partial charge in [-0.15, -0.1) is 10.2 Å².